The van der Waals surface area contributed by atoms with E-state index in [1.807, 2.05) is 72.8 Å². The van der Waals surface area contributed by atoms with Gasteiger partial charge in [-0.05, 0) is 34.4 Å². The van der Waals surface area contributed by atoms with E-state index in [-0.39, 0.29) is 29.0 Å². The first-order valence-electron chi connectivity index (χ1n) is 11.7. The molecular weight excluding hydrogens is 456 g/mol. The van der Waals surface area contributed by atoms with Crippen molar-refractivity contribution in [3.8, 4) is 5.75 Å². The summed E-state index contributed by atoms with van der Waals surface area (Å²) in [5, 5.41) is 11.8. The van der Waals surface area contributed by atoms with E-state index in [1.54, 1.807) is 0 Å². The molecule has 4 atom stereocenters. The minimum Gasteiger partial charge on any atom is -0.496 e. The van der Waals surface area contributed by atoms with Gasteiger partial charge in [0, 0.05) is 11.8 Å². The van der Waals surface area contributed by atoms with Crippen molar-refractivity contribution in [2.75, 3.05) is 12.0 Å². The Morgan fingerprint density at radius 3 is 1.83 bits per heavy atom. The number of amides is 2. The number of hydrogen-bond acceptors (Lipinski definition) is 5. The Balaban J connectivity index is 1.47. The molecule has 3 aromatic rings. The van der Waals surface area contributed by atoms with Crippen molar-refractivity contribution >= 4 is 28.8 Å². The Labute approximate surface area is 207 Å². The highest BCUT2D eigenvalue weighted by atomic mass is 16.6. The summed E-state index contributed by atoms with van der Waals surface area (Å²) in [5.74, 6) is -2.20. The first-order valence-corrected chi connectivity index (χ1v) is 11.7. The minimum atomic E-state index is -0.591. The molecule has 1 saturated carbocycles. The van der Waals surface area contributed by atoms with Gasteiger partial charge in [0.15, 0.2) is 0 Å². The molecule has 0 N–H and O–H groups in total. The largest absolute Gasteiger partial charge is 0.496 e. The quantitative estimate of drug-likeness (QED) is 0.222. The fraction of sp³-hybridized carbons (Fsp3) is 0.172. The summed E-state index contributed by atoms with van der Waals surface area (Å²) in [6.07, 6.45) is 4.04. The van der Waals surface area contributed by atoms with Crippen LogP contribution in [0.2, 0.25) is 0 Å². The Morgan fingerprint density at radius 2 is 1.36 bits per heavy atom. The zero-order valence-corrected chi connectivity index (χ0v) is 19.4. The van der Waals surface area contributed by atoms with Gasteiger partial charge in [-0.1, -0.05) is 72.8 Å². The standard InChI is InChI=1S/C29H22N2O5/c1-36-19-12-15-22(23(16-19)31(34)35)30-28(32)26-20-13-14-21(27(26)29(30)33)25(20)24(17-8-4-2-5-9-17)18-10-6-3-7-11-18/h2-16,20-21,26-27H,1H3/t20-,21-,26-,27-/m0/s1. The maximum absolute atomic E-state index is 13.8. The van der Waals surface area contributed by atoms with Gasteiger partial charge in [0.1, 0.15) is 11.4 Å². The summed E-state index contributed by atoms with van der Waals surface area (Å²) in [7, 11) is 1.41. The molecule has 1 aliphatic heterocycles. The number of hydrogen-bond donors (Lipinski definition) is 0. The van der Waals surface area contributed by atoms with Crippen LogP contribution in [0.3, 0.4) is 0 Å². The monoisotopic (exact) mass is 478 g/mol. The molecule has 0 unspecified atom stereocenters. The third kappa shape index (κ3) is 3.12. The molecule has 2 bridgehead atoms. The van der Waals surface area contributed by atoms with Crippen molar-refractivity contribution in [2.24, 2.45) is 23.7 Å². The number of ether oxygens (including phenoxy) is 1. The third-order valence-corrected chi connectivity index (χ3v) is 7.45. The number of carbonyl (C=O) groups excluding carboxylic acids is 2. The number of nitro benzene ring substituents is 1. The summed E-state index contributed by atoms with van der Waals surface area (Å²) in [6.45, 7) is 0. The van der Waals surface area contributed by atoms with Crippen molar-refractivity contribution in [2.45, 2.75) is 0 Å². The van der Waals surface area contributed by atoms with Gasteiger partial charge in [0.2, 0.25) is 11.8 Å². The predicted octanol–water partition coefficient (Wildman–Crippen LogP) is 5.03. The first kappa shape index (κ1) is 22.0. The van der Waals surface area contributed by atoms with E-state index in [0.29, 0.717) is 0 Å². The number of carbonyl (C=O) groups is 2. The highest BCUT2D eigenvalue weighted by molar-refractivity contribution is 6.24. The normalized spacial score (nSPS) is 23.8. The molecule has 0 spiro atoms. The van der Waals surface area contributed by atoms with Crippen LogP contribution in [0.15, 0.2) is 96.6 Å². The molecule has 1 heterocycles. The van der Waals surface area contributed by atoms with Crippen LogP contribution in [-0.2, 0) is 9.59 Å². The fourth-order valence-electron chi connectivity index (χ4n) is 6.01. The van der Waals surface area contributed by atoms with Crippen LogP contribution < -0.4 is 9.64 Å². The number of benzene rings is 3. The lowest BCUT2D eigenvalue weighted by atomic mass is 9.85. The molecule has 3 aliphatic rings. The van der Waals surface area contributed by atoms with E-state index in [2.05, 4.69) is 0 Å². The first-order chi connectivity index (χ1) is 17.5. The van der Waals surface area contributed by atoms with Gasteiger partial charge < -0.3 is 4.74 Å². The molecule has 6 rings (SSSR count). The summed E-state index contributed by atoms with van der Waals surface area (Å²) in [5.41, 5.74) is 3.81. The van der Waals surface area contributed by atoms with Crippen LogP contribution in [0.25, 0.3) is 5.57 Å². The number of fused-ring (bicyclic) bond motifs is 5. The summed E-state index contributed by atoms with van der Waals surface area (Å²) in [4.78, 5) is 39.7. The molecule has 2 fully saturated rings. The van der Waals surface area contributed by atoms with Crippen molar-refractivity contribution in [3.63, 3.8) is 0 Å². The van der Waals surface area contributed by atoms with Crippen molar-refractivity contribution in [1.29, 1.82) is 0 Å². The number of nitro groups is 1. The lowest BCUT2D eigenvalue weighted by Gasteiger charge is -2.21. The maximum atomic E-state index is 13.8. The molecule has 178 valence electrons. The van der Waals surface area contributed by atoms with Crippen LogP contribution >= 0.6 is 0 Å². The van der Waals surface area contributed by atoms with Gasteiger partial charge in [-0.3, -0.25) is 19.7 Å². The van der Waals surface area contributed by atoms with Gasteiger partial charge in [-0.25, -0.2) is 4.90 Å². The highest BCUT2D eigenvalue weighted by Gasteiger charge is 2.63. The molecular formula is C29H22N2O5. The van der Waals surface area contributed by atoms with Crippen molar-refractivity contribution in [1.82, 2.24) is 0 Å². The molecule has 1 saturated heterocycles. The van der Waals surface area contributed by atoms with Crippen LogP contribution in [0.1, 0.15) is 11.1 Å². The lowest BCUT2D eigenvalue weighted by Crippen LogP contribution is -2.33. The van der Waals surface area contributed by atoms with Crippen LogP contribution in [-0.4, -0.2) is 23.8 Å². The Hall–Kier alpha value is -4.52. The lowest BCUT2D eigenvalue weighted by molar-refractivity contribution is -0.384. The number of rotatable bonds is 5. The predicted molar refractivity (Wildman–Crippen MR) is 134 cm³/mol. The molecule has 2 aliphatic carbocycles. The average molecular weight is 479 g/mol. The van der Waals surface area contributed by atoms with Crippen molar-refractivity contribution in [3.05, 3.63) is 118 Å². The Bertz CT molecular complexity index is 1390. The summed E-state index contributed by atoms with van der Waals surface area (Å²) < 4.78 is 5.11. The minimum absolute atomic E-state index is 0.0125. The zero-order chi connectivity index (χ0) is 25.0. The number of nitrogens with zero attached hydrogens (tertiary/aromatic N) is 2. The van der Waals surface area contributed by atoms with Crippen LogP contribution in [0.5, 0.6) is 5.75 Å². The molecule has 0 aromatic heterocycles. The SMILES string of the molecule is COc1ccc(N2C(=O)[C@@H]3[C@@H](C2=O)[C@H]2C=C[C@H]3C2=C(c2ccccc2)c2ccccc2)c([N+](=O)[O-])c1. The van der Waals surface area contributed by atoms with Crippen LogP contribution in [0, 0.1) is 33.8 Å². The van der Waals surface area contributed by atoms with E-state index < -0.39 is 28.6 Å². The third-order valence-electron chi connectivity index (χ3n) is 7.45. The van der Waals surface area contributed by atoms with E-state index in [9.17, 15) is 19.7 Å². The molecule has 7 nitrogen and oxygen atoms in total. The average Bonchev–Trinajstić information content (AvgIpc) is 3.54. The topological polar surface area (TPSA) is 89.8 Å². The second kappa shape index (κ2) is 8.30. The molecule has 36 heavy (non-hydrogen) atoms. The van der Waals surface area contributed by atoms with Crippen molar-refractivity contribution < 1.29 is 19.2 Å². The van der Waals surface area contributed by atoms with Gasteiger partial charge in [0.25, 0.3) is 5.69 Å². The van der Waals surface area contributed by atoms with E-state index in [4.69, 9.17) is 4.74 Å². The van der Waals surface area contributed by atoms with Gasteiger partial charge in [-0.2, -0.15) is 0 Å². The zero-order valence-electron chi connectivity index (χ0n) is 19.4. The Kier molecular flexibility index (Phi) is 5.07. The summed E-state index contributed by atoms with van der Waals surface area (Å²) in [6, 6.07) is 24.2. The van der Waals surface area contributed by atoms with Gasteiger partial charge in [-0.15, -0.1) is 0 Å². The van der Waals surface area contributed by atoms with Crippen LogP contribution in [0.4, 0.5) is 11.4 Å². The van der Waals surface area contributed by atoms with E-state index >= 15 is 0 Å². The van der Waals surface area contributed by atoms with Gasteiger partial charge in [0.05, 0.1) is 29.9 Å². The van der Waals surface area contributed by atoms with Gasteiger partial charge >= 0.3 is 0 Å². The van der Waals surface area contributed by atoms with E-state index in [1.165, 1.54) is 25.3 Å². The summed E-state index contributed by atoms with van der Waals surface area (Å²) >= 11 is 0. The molecule has 7 heteroatoms. The molecule has 2 amide bonds. The number of imide groups is 1. The number of methoxy groups -OCH3 is 1. The van der Waals surface area contributed by atoms with E-state index in [0.717, 1.165) is 27.2 Å². The molecule has 0 radical (unpaired) electrons. The number of allylic oxidation sites excluding steroid dienone is 3. The number of anilines is 1. The maximum Gasteiger partial charge on any atom is 0.297 e. The highest BCUT2D eigenvalue weighted by Crippen LogP contribution is 2.59. The Morgan fingerprint density at radius 1 is 0.833 bits per heavy atom. The fourth-order valence-corrected chi connectivity index (χ4v) is 6.01. The second-order valence-electron chi connectivity index (χ2n) is 9.17. The smallest absolute Gasteiger partial charge is 0.297 e. The second-order valence-corrected chi connectivity index (χ2v) is 9.17. The molecule has 3 aromatic carbocycles.